The Morgan fingerprint density at radius 2 is 1.79 bits per heavy atom. The average Bonchev–Trinajstić information content (AvgIpc) is 3.14. The van der Waals surface area contributed by atoms with Crippen LogP contribution in [0.15, 0.2) is 24.3 Å². The summed E-state index contributed by atoms with van der Waals surface area (Å²) in [5, 5.41) is 20.1. The first-order chi connectivity index (χ1) is 11.2. The second kappa shape index (κ2) is 6.04. The number of carbonyl (C=O) groups is 1. The van der Waals surface area contributed by atoms with Crippen molar-refractivity contribution >= 4 is 5.91 Å². The molecule has 0 bridgehead atoms. The third kappa shape index (κ3) is 2.80. The van der Waals surface area contributed by atoms with Crippen molar-refractivity contribution in [2.24, 2.45) is 0 Å². The summed E-state index contributed by atoms with van der Waals surface area (Å²) in [6.07, 6.45) is -0.177. The minimum Gasteiger partial charge on any atom is -0.391 e. The van der Waals surface area contributed by atoms with Crippen LogP contribution in [-0.2, 0) is 4.79 Å². The van der Waals surface area contributed by atoms with Crippen molar-refractivity contribution in [3.8, 4) is 0 Å². The van der Waals surface area contributed by atoms with Crippen LogP contribution < -0.4 is 0 Å². The first-order valence-corrected chi connectivity index (χ1v) is 8.09. The number of halogens is 3. The number of β-amino-alcohol motifs (C(OH)–C–C–N with tert-alkyl or cyclic N) is 1. The van der Waals surface area contributed by atoms with E-state index in [2.05, 4.69) is 0 Å². The van der Waals surface area contributed by atoms with E-state index in [1.807, 2.05) is 0 Å². The molecule has 132 valence electrons. The monoisotopic (exact) mass is 343 g/mol. The molecule has 1 saturated carbocycles. The predicted octanol–water partition coefficient (Wildman–Crippen LogP) is 2.40. The molecule has 1 saturated heterocycles. The highest BCUT2D eigenvalue weighted by Crippen LogP contribution is 2.45. The van der Waals surface area contributed by atoms with Gasteiger partial charge in [-0.15, -0.1) is 0 Å². The largest absolute Gasteiger partial charge is 0.391 e. The van der Waals surface area contributed by atoms with Crippen molar-refractivity contribution < 1.29 is 28.2 Å². The molecule has 3 rings (SSSR count). The van der Waals surface area contributed by atoms with Crippen molar-refractivity contribution in [1.29, 1.82) is 0 Å². The Hall–Kier alpha value is -1.60. The molecule has 2 N–H and O–H groups in total. The van der Waals surface area contributed by atoms with Gasteiger partial charge in [-0.1, -0.05) is 25.0 Å². The number of hydrogen-bond donors (Lipinski definition) is 2. The number of aliphatic hydroxyl groups is 2. The van der Waals surface area contributed by atoms with Gasteiger partial charge >= 0.3 is 5.92 Å². The Morgan fingerprint density at radius 1 is 1.21 bits per heavy atom. The fourth-order valence-corrected chi connectivity index (χ4v) is 3.69. The van der Waals surface area contributed by atoms with E-state index in [4.69, 9.17) is 0 Å². The molecular formula is C17H20F3NO3. The Labute approximate surface area is 137 Å². The van der Waals surface area contributed by atoms with Gasteiger partial charge < -0.3 is 15.1 Å². The lowest BCUT2D eigenvalue weighted by Crippen LogP contribution is -2.57. The number of hydrogen-bond acceptors (Lipinski definition) is 3. The lowest BCUT2D eigenvalue weighted by molar-refractivity contribution is -0.201. The second-order valence-corrected chi connectivity index (χ2v) is 6.73. The Balaban J connectivity index is 1.88. The third-order valence-corrected chi connectivity index (χ3v) is 5.08. The van der Waals surface area contributed by atoms with E-state index >= 15 is 0 Å². The summed E-state index contributed by atoms with van der Waals surface area (Å²) in [6, 6.07) is 4.45. The minimum atomic E-state index is -3.91. The molecular weight excluding hydrogens is 323 g/mol. The predicted molar refractivity (Wildman–Crippen MR) is 79.8 cm³/mol. The van der Waals surface area contributed by atoms with Gasteiger partial charge in [0.25, 0.3) is 5.91 Å². The van der Waals surface area contributed by atoms with Crippen LogP contribution >= 0.6 is 0 Å². The van der Waals surface area contributed by atoms with Gasteiger partial charge in [0, 0.05) is 6.54 Å². The Morgan fingerprint density at radius 3 is 2.38 bits per heavy atom. The fourth-order valence-electron chi connectivity index (χ4n) is 3.69. The standard InChI is InChI=1S/C17H20F3NO3/c18-12-5-3-11(4-6-12)14-9-13(22)10-21(14)15(23)17(19,20)16(24)7-1-2-8-16/h3-6,13-14,22,24H,1-2,7-10H2. The molecule has 1 aromatic rings. The van der Waals surface area contributed by atoms with Crippen molar-refractivity contribution in [2.75, 3.05) is 6.54 Å². The van der Waals surface area contributed by atoms with Crippen LogP contribution in [0, 0.1) is 5.82 Å². The number of amides is 1. The summed E-state index contributed by atoms with van der Waals surface area (Å²) < 4.78 is 42.4. The lowest BCUT2D eigenvalue weighted by Gasteiger charge is -2.35. The van der Waals surface area contributed by atoms with Gasteiger partial charge in [-0.25, -0.2) is 4.39 Å². The van der Waals surface area contributed by atoms with Gasteiger partial charge in [0.15, 0.2) is 0 Å². The summed E-state index contributed by atoms with van der Waals surface area (Å²) >= 11 is 0. The van der Waals surface area contributed by atoms with Crippen molar-refractivity contribution in [3.63, 3.8) is 0 Å². The van der Waals surface area contributed by atoms with Crippen molar-refractivity contribution in [1.82, 2.24) is 4.90 Å². The van der Waals surface area contributed by atoms with Crippen LogP contribution in [0.2, 0.25) is 0 Å². The van der Waals surface area contributed by atoms with Gasteiger partial charge in [0.05, 0.1) is 12.1 Å². The number of benzene rings is 1. The maximum atomic E-state index is 14.7. The summed E-state index contributed by atoms with van der Waals surface area (Å²) in [5.74, 6) is -5.86. The molecule has 24 heavy (non-hydrogen) atoms. The molecule has 0 radical (unpaired) electrons. The van der Waals surface area contributed by atoms with Gasteiger partial charge in [-0.2, -0.15) is 8.78 Å². The first kappa shape index (κ1) is 17.2. The highest BCUT2D eigenvalue weighted by atomic mass is 19.3. The lowest BCUT2D eigenvalue weighted by atomic mass is 9.92. The minimum absolute atomic E-state index is 0.103. The summed E-state index contributed by atoms with van der Waals surface area (Å²) in [5.41, 5.74) is -1.85. The zero-order valence-electron chi connectivity index (χ0n) is 13.1. The first-order valence-electron chi connectivity index (χ1n) is 8.09. The normalized spacial score (nSPS) is 26.8. The number of carbonyl (C=O) groups excluding carboxylic acids is 1. The molecule has 1 heterocycles. The molecule has 2 aliphatic rings. The molecule has 1 amide bonds. The van der Waals surface area contributed by atoms with Crippen LogP contribution in [0.25, 0.3) is 0 Å². The Bertz CT molecular complexity index is 614. The van der Waals surface area contributed by atoms with E-state index in [1.54, 1.807) is 0 Å². The maximum absolute atomic E-state index is 14.7. The summed E-state index contributed by atoms with van der Waals surface area (Å²) in [6.45, 7) is -0.230. The quantitative estimate of drug-likeness (QED) is 0.886. The number of rotatable bonds is 3. The number of nitrogens with zero attached hydrogens (tertiary/aromatic N) is 1. The molecule has 1 aliphatic heterocycles. The van der Waals surface area contributed by atoms with Crippen LogP contribution in [0.4, 0.5) is 13.2 Å². The molecule has 2 unspecified atom stereocenters. The van der Waals surface area contributed by atoms with Crippen LogP contribution in [0.5, 0.6) is 0 Å². The van der Waals surface area contributed by atoms with Crippen LogP contribution in [0.3, 0.4) is 0 Å². The van der Waals surface area contributed by atoms with Gasteiger partial charge in [0.1, 0.15) is 11.4 Å². The van der Waals surface area contributed by atoms with Crippen LogP contribution in [0.1, 0.15) is 43.7 Å². The third-order valence-electron chi connectivity index (χ3n) is 5.08. The van der Waals surface area contributed by atoms with E-state index in [9.17, 15) is 28.2 Å². The molecule has 1 aromatic carbocycles. The highest BCUT2D eigenvalue weighted by molar-refractivity contribution is 5.85. The number of aliphatic hydroxyl groups excluding tert-OH is 1. The number of alkyl halides is 2. The van der Waals surface area contributed by atoms with Crippen LogP contribution in [-0.4, -0.2) is 45.2 Å². The van der Waals surface area contributed by atoms with Gasteiger partial charge in [-0.3, -0.25) is 4.79 Å². The molecule has 0 spiro atoms. The topological polar surface area (TPSA) is 60.8 Å². The van der Waals surface area contributed by atoms with E-state index < -0.39 is 35.4 Å². The molecule has 2 fully saturated rings. The van der Waals surface area contributed by atoms with E-state index in [-0.39, 0.29) is 25.8 Å². The van der Waals surface area contributed by atoms with E-state index in [0.29, 0.717) is 18.4 Å². The maximum Gasteiger partial charge on any atom is 0.352 e. The molecule has 4 nitrogen and oxygen atoms in total. The second-order valence-electron chi connectivity index (χ2n) is 6.73. The summed E-state index contributed by atoms with van der Waals surface area (Å²) in [4.78, 5) is 13.4. The smallest absolute Gasteiger partial charge is 0.352 e. The SMILES string of the molecule is O=C(N1CC(O)CC1c1ccc(F)cc1)C(F)(F)C1(O)CCCC1. The Kier molecular flexibility index (Phi) is 4.34. The number of likely N-dealkylation sites (tertiary alicyclic amines) is 1. The molecule has 2 atom stereocenters. The molecule has 0 aromatic heterocycles. The molecule has 7 heteroatoms. The molecule has 1 aliphatic carbocycles. The van der Waals surface area contributed by atoms with Crippen molar-refractivity contribution in [2.45, 2.75) is 55.8 Å². The van der Waals surface area contributed by atoms with Gasteiger partial charge in [-0.05, 0) is 37.0 Å². The summed E-state index contributed by atoms with van der Waals surface area (Å²) in [7, 11) is 0. The highest BCUT2D eigenvalue weighted by Gasteiger charge is 2.61. The van der Waals surface area contributed by atoms with Gasteiger partial charge in [0.2, 0.25) is 0 Å². The fraction of sp³-hybridized carbons (Fsp3) is 0.588. The van der Waals surface area contributed by atoms with E-state index in [0.717, 1.165) is 4.90 Å². The van der Waals surface area contributed by atoms with Crippen molar-refractivity contribution in [3.05, 3.63) is 35.6 Å². The van der Waals surface area contributed by atoms with E-state index in [1.165, 1.54) is 24.3 Å². The average molecular weight is 343 g/mol. The zero-order valence-corrected chi connectivity index (χ0v) is 13.1. The zero-order chi connectivity index (χ0) is 17.5.